The minimum absolute atomic E-state index is 0.144. The molecule has 0 aromatic carbocycles. The molecule has 0 amide bonds. The molecule has 0 aliphatic carbocycles. The van der Waals surface area contributed by atoms with Crippen LogP contribution in [0.25, 0.3) is 0 Å². The van der Waals surface area contributed by atoms with E-state index in [0.717, 1.165) is 25.9 Å². The summed E-state index contributed by atoms with van der Waals surface area (Å²) < 4.78 is 0. The third-order valence-corrected chi connectivity index (χ3v) is 3.21. The number of hydrogen-bond donors (Lipinski definition) is 2. The van der Waals surface area contributed by atoms with Crippen molar-refractivity contribution in [3.63, 3.8) is 0 Å². The molecule has 0 aromatic heterocycles. The van der Waals surface area contributed by atoms with Crippen LogP contribution in [-0.4, -0.2) is 24.3 Å². The quantitative estimate of drug-likeness (QED) is 0.481. The van der Waals surface area contributed by atoms with E-state index in [2.05, 4.69) is 19.2 Å². The van der Waals surface area contributed by atoms with Crippen LogP contribution >= 0.6 is 0 Å². The number of nitrogens with one attached hydrogen (secondary N) is 1. The summed E-state index contributed by atoms with van der Waals surface area (Å²) in [7, 11) is 0. The first-order valence-electron chi connectivity index (χ1n) is 7.70. The summed E-state index contributed by atoms with van der Waals surface area (Å²) in [5.41, 5.74) is 0. The zero-order valence-electron chi connectivity index (χ0n) is 12.0. The van der Waals surface area contributed by atoms with Crippen LogP contribution in [0.2, 0.25) is 0 Å². The van der Waals surface area contributed by atoms with Gasteiger partial charge in [0.05, 0.1) is 6.10 Å². The maximum absolute atomic E-state index is 9.51. The van der Waals surface area contributed by atoms with E-state index < -0.39 is 0 Å². The van der Waals surface area contributed by atoms with Crippen LogP contribution in [0.4, 0.5) is 0 Å². The monoisotopic (exact) mass is 243 g/mol. The molecule has 2 nitrogen and oxygen atoms in total. The van der Waals surface area contributed by atoms with Gasteiger partial charge in [-0.05, 0) is 19.4 Å². The predicted octanol–water partition coefficient (Wildman–Crippen LogP) is 3.88. The van der Waals surface area contributed by atoms with E-state index in [-0.39, 0.29) is 6.10 Å². The summed E-state index contributed by atoms with van der Waals surface area (Å²) in [6, 6.07) is 0. The van der Waals surface area contributed by atoms with E-state index in [9.17, 15) is 5.11 Å². The minimum atomic E-state index is -0.144. The Morgan fingerprint density at radius 2 is 1.41 bits per heavy atom. The van der Waals surface area contributed by atoms with E-state index >= 15 is 0 Å². The van der Waals surface area contributed by atoms with Gasteiger partial charge < -0.3 is 10.4 Å². The summed E-state index contributed by atoms with van der Waals surface area (Å²) in [4.78, 5) is 0. The molecule has 17 heavy (non-hydrogen) atoms. The lowest BCUT2D eigenvalue weighted by Crippen LogP contribution is -2.27. The van der Waals surface area contributed by atoms with E-state index in [1.807, 2.05) is 0 Å². The second kappa shape index (κ2) is 14.0. The maximum Gasteiger partial charge on any atom is 0.0664 e. The Morgan fingerprint density at radius 1 is 0.824 bits per heavy atom. The van der Waals surface area contributed by atoms with Crippen molar-refractivity contribution in [2.75, 3.05) is 13.1 Å². The Bertz CT molecular complexity index is 139. The van der Waals surface area contributed by atoms with Gasteiger partial charge in [-0.2, -0.15) is 0 Å². The highest BCUT2D eigenvalue weighted by Crippen LogP contribution is 2.07. The predicted molar refractivity (Wildman–Crippen MR) is 76.4 cm³/mol. The van der Waals surface area contributed by atoms with Crippen molar-refractivity contribution in [2.45, 2.75) is 84.2 Å². The molecule has 0 saturated carbocycles. The fourth-order valence-corrected chi connectivity index (χ4v) is 2.09. The molecule has 0 heterocycles. The Kier molecular flexibility index (Phi) is 13.9. The largest absolute Gasteiger partial charge is 0.392 e. The highest BCUT2D eigenvalue weighted by atomic mass is 16.3. The lowest BCUT2D eigenvalue weighted by molar-refractivity contribution is 0.161. The number of rotatable bonds is 13. The average molecular weight is 243 g/mol. The molecule has 1 atom stereocenters. The van der Waals surface area contributed by atoms with E-state index in [4.69, 9.17) is 0 Å². The van der Waals surface area contributed by atoms with Gasteiger partial charge in [0.1, 0.15) is 0 Å². The van der Waals surface area contributed by atoms with Crippen molar-refractivity contribution in [1.82, 2.24) is 5.32 Å². The Morgan fingerprint density at radius 3 is 2.00 bits per heavy atom. The van der Waals surface area contributed by atoms with Gasteiger partial charge in [-0.1, -0.05) is 65.2 Å². The molecule has 0 fully saturated rings. The Labute approximate surface area is 108 Å². The number of aliphatic hydroxyl groups excluding tert-OH is 1. The molecule has 2 N–H and O–H groups in total. The molecule has 0 aliphatic rings. The van der Waals surface area contributed by atoms with Crippen molar-refractivity contribution in [2.24, 2.45) is 0 Å². The fourth-order valence-electron chi connectivity index (χ4n) is 2.09. The number of aliphatic hydroxyl groups is 1. The van der Waals surface area contributed by atoms with E-state index in [1.54, 1.807) is 0 Å². The molecule has 0 saturated heterocycles. The number of unbranched alkanes of at least 4 members (excludes halogenated alkanes) is 7. The van der Waals surface area contributed by atoms with Gasteiger partial charge in [0.2, 0.25) is 0 Å². The van der Waals surface area contributed by atoms with Crippen LogP contribution in [0.5, 0.6) is 0 Å². The first-order chi connectivity index (χ1) is 8.31. The molecule has 0 radical (unpaired) electrons. The summed E-state index contributed by atoms with van der Waals surface area (Å²) in [6.45, 7) is 6.21. The second-order valence-corrected chi connectivity index (χ2v) is 5.12. The summed E-state index contributed by atoms with van der Waals surface area (Å²) in [5, 5.41) is 12.8. The molecular formula is C15H33NO. The molecule has 1 unspecified atom stereocenters. The van der Waals surface area contributed by atoms with Gasteiger partial charge in [0, 0.05) is 6.54 Å². The SMILES string of the molecule is CCCCCCCCCCNCC(O)CCC. The third-order valence-electron chi connectivity index (χ3n) is 3.21. The number of hydrogen-bond acceptors (Lipinski definition) is 2. The topological polar surface area (TPSA) is 32.3 Å². The molecule has 2 heteroatoms. The first kappa shape index (κ1) is 16.9. The highest BCUT2D eigenvalue weighted by Gasteiger charge is 2.00. The van der Waals surface area contributed by atoms with Gasteiger partial charge in [0.25, 0.3) is 0 Å². The Balaban J connectivity index is 2.98. The second-order valence-electron chi connectivity index (χ2n) is 5.12. The Hall–Kier alpha value is -0.0800. The molecule has 0 aromatic rings. The summed E-state index contributed by atoms with van der Waals surface area (Å²) >= 11 is 0. The van der Waals surface area contributed by atoms with Crippen molar-refractivity contribution in [1.29, 1.82) is 0 Å². The van der Waals surface area contributed by atoms with Crippen LogP contribution in [-0.2, 0) is 0 Å². The van der Waals surface area contributed by atoms with Crippen molar-refractivity contribution >= 4 is 0 Å². The molecule has 0 aliphatic heterocycles. The smallest absolute Gasteiger partial charge is 0.0664 e. The summed E-state index contributed by atoms with van der Waals surface area (Å²) in [5.74, 6) is 0. The van der Waals surface area contributed by atoms with Gasteiger partial charge >= 0.3 is 0 Å². The average Bonchev–Trinajstić information content (AvgIpc) is 2.32. The van der Waals surface area contributed by atoms with Crippen molar-refractivity contribution < 1.29 is 5.11 Å². The third kappa shape index (κ3) is 13.9. The maximum atomic E-state index is 9.51. The highest BCUT2D eigenvalue weighted by molar-refractivity contribution is 4.58. The normalized spacial score (nSPS) is 12.9. The molecule has 0 spiro atoms. The van der Waals surface area contributed by atoms with Crippen LogP contribution in [0, 0.1) is 0 Å². The van der Waals surface area contributed by atoms with Gasteiger partial charge in [-0.3, -0.25) is 0 Å². The van der Waals surface area contributed by atoms with Crippen LogP contribution in [0.15, 0.2) is 0 Å². The molecule has 104 valence electrons. The fraction of sp³-hybridized carbons (Fsp3) is 1.00. The standard InChI is InChI=1S/C15H33NO/c1-3-5-6-7-8-9-10-11-13-16-14-15(17)12-4-2/h15-17H,3-14H2,1-2H3. The minimum Gasteiger partial charge on any atom is -0.392 e. The van der Waals surface area contributed by atoms with Crippen LogP contribution in [0.1, 0.15) is 78.1 Å². The lowest BCUT2D eigenvalue weighted by Gasteiger charge is -2.10. The van der Waals surface area contributed by atoms with Gasteiger partial charge in [-0.15, -0.1) is 0 Å². The van der Waals surface area contributed by atoms with E-state index in [1.165, 1.54) is 51.4 Å². The molecule has 0 bridgehead atoms. The van der Waals surface area contributed by atoms with Crippen LogP contribution in [0.3, 0.4) is 0 Å². The van der Waals surface area contributed by atoms with Crippen molar-refractivity contribution in [3.8, 4) is 0 Å². The van der Waals surface area contributed by atoms with Gasteiger partial charge in [0.15, 0.2) is 0 Å². The molecule has 0 rings (SSSR count). The lowest BCUT2D eigenvalue weighted by atomic mass is 10.1. The van der Waals surface area contributed by atoms with Crippen LogP contribution < -0.4 is 5.32 Å². The first-order valence-corrected chi connectivity index (χ1v) is 7.70. The molecular weight excluding hydrogens is 210 g/mol. The zero-order chi connectivity index (χ0) is 12.8. The summed E-state index contributed by atoms with van der Waals surface area (Å²) in [6.07, 6.45) is 12.8. The van der Waals surface area contributed by atoms with E-state index in [0.29, 0.717) is 0 Å². The van der Waals surface area contributed by atoms with Gasteiger partial charge in [-0.25, -0.2) is 0 Å². The zero-order valence-corrected chi connectivity index (χ0v) is 12.0. The van der Waals surface area contributed by atoms with Crippen molar-refractivity contribution in [3.05, 3.63) is 0 Å².